The van der Waals surface area contributed by atoms with Gasteiger partial charge in [-0.3, -0.25) is 4.79 Å². The molecular weight excluding hydrogens is 325 g/mol. The second-order valence-electron chi connectivity index (χ2n) is 4.53. The van der Waals surface area contributed by atoms with Gasteiger partial charge in [-0.15, -0.1) is 0 Å². The van der Waals surface area contributed by atoms with E-state index in [4.69, 9.17) is 27.0 Å². The first-order chi connectivity index (χ1) is 9.29. The number of nitrogens with one attached hydrogen (secondary N) is 1. The Bertz CT molecular complexity index is 616. The predicted octanol–water partition coefficient (Wildman–Crippen LogP) is 2.69. The Morgan fingerprint density at radius 2 is 2.15 bits per heavy atom. The molecule has 0 bridgehead atoms. The van der Waals surface area contributed by atoms with Gasteiger partial charge in [0, 0.05) is 17.3 Å². The number of hydrogen-bond acceptors (Lipinski definition) is 4. The molecule has 2 rings (SSSR count). The monoisotopic (exact) mass is 337 g/mol. The molecule has 1 heterocycles. The van der Waals surface area contributed by atoms with Gasteiger partial charge in [0.1, 0.15) is 6.10 Å². The van der Waals surface area contributed by atoms with Gasteiger partial charge in [0.15, 0.2) is 0 Å². The van der Waals surface area contributed by atoms with E-state index in [-0.39, 0.29) is 15.8 Å². The molecule has 0 radical (unpaired) electrons. The fourth-order valence-corrected chi connectivity index (χ4v) is 3.22. The van der Waals surface area contributed by atoms with Crippen molar-refractivity contribution in [1.29, 1.82) is 0 Å². The molecule has 0 aromatic heterocycles. The number of carbonyl (C=O) groups is 1. The molecule has 8 heteroatoms. The third kappa shape index (κ3) is 3.44. The maximum absolute atomic E-state index is 12.0. The highest BCUT2D eigenvalue weighted by Crippen LogP contribution is 2.31. The van der Waals surface area contributed by atoms with E-state index in [0.717, 1.165) is 6.42 Å². The Labute approximate surface area is 126 Å². The largest absolute Gasteiger partial charge is 0.368 e. The molecule has 1 aliphatic rings. The van der Waals surface area contributed by atoms with Crippen LogP contribution in [0, 0.1) is 6.92 Å². The van der Waals surface area contributed by atoms with E-state index in [1.807, 2.05) is 0 Å². The van der Waals surface area contributed by atoms with Gasteiger partial charge >= 0.3 is 0 Å². The molecule has 1 aromatic carbocycles. The number of carbonyl (C=O) groups excluding carboxylic acids is 1. The summed E-state index contributed by atoms with van der Waals surface area (Å²) in [5.74, 6) is -0.283. The van der Waals surface area contributed by atoms with E-state index in [0.29, 0.717) is 24.3 Å². The zero-order valence-electron chi connectivity index (χ0n) is 10.7. The highest BCUT2D eigenvalue weighted by molar-refractivity contribution is 8.13. The second-order valence-corrected chi connectivity index (χ2v) is 7.50. The first-order valence-corrected chi connectivity index (χ1v) is 8.65. The average molecular weight is 338 g/mol. The lowest BCUT2D eigenvalue weighted by Crippen LogP contribution is -2.27. The van der Waals surface area contributed by atoms with Gasteiger partial charge in [-0.25, -0.2) is 8.42 Å². The molecule has 20 heavy (non-hydrogen) atoms. The Hall–Kier alpha value is -0.820. The maximum atomic E-state index is 12.0. The van der Waals surface area contributed by atoms with Gasteiger partial charge in [0.25, 0.3) is 15.0 Å². The number of anilines is 1. The Kier molecular flexibility index (Phi) is 4.59. The Morgan fingerprint density at radius 1 is 1.45 bits per heavy atom. The van der Waals surface area contributed by atoms with Crippen LogP contribution in [-0.2, 0) is 18.6 Å². The molecule has 1 aliphatic heterocycles. The zero-order chi connectivity index (χ0) is 14.9. The van der Waals surface area contributed by atoms with E-state index in [9.17, 15) is 13.2 Å². The number of hydrogen-bond donors (Lipinski definition) is 1. The summed E-state index contributed by atoms with van der Waals surface area (Å²) in [7, 11) is 1.41. The molecule has 110 valence electrons. The van der Waals surface area contributed by atoms with Crippen molar-refractivity contribution < 1.29 is 17.9 Å². The lowest BCUT2D eigenvalue weighted by atomic mass is 10.1. The van der Waals surface area contributed by atoms with Crippen molar-refractivity contribution in [2.24, 2.45) is 0 Å². The molecule has 1 amide bonds. The normalized spacial score (nSPS) is 19.1. The number of ether oxygens (including phenoxy) is 1. The minimum Gasteiger partial charge on any atom is -0.368 e. The number of aryl methyl sites for hydroxylation is 1. The van der Waals surface area contributed by atoms with Crippen molar-refractivity contribution in [2.75, 3.05) is 11.9 Å². The Balaban J connectivity index is 2.26. The van der Waals surface area contributed by atoms with Crippen molar-refractivity contribution in [3.8, 4) is 0 Å². The minimum absolute atomic E-state index is 0.100. The standard InChI is InChI=1S/C12H13Cl2NO4S/c1-7-5-8(20(14,17)18)6-9(13)11(7)15-12(16)10-3-2-4-19-10/h5-6,10H,2-4H2,1H3,(H,15,16). The molecule has 5 nitrogen and oxygen atoms in total. The highest BCUT2D eigenvalue weighted by Gasteiger charge is 2.25. The predicted molar refractivity (Wildman–Crippen MR) is 76.8 cm³/mol. The quantitative estimate of drug-likeness (QED) is 0.860. The third-order valence-corrected chi connectivity index (χ3v) is 4.64. The Morgan fingerprint density at radius 3 is 2.65 bits per heavy atom. The van der Waals surface area contributed by atoms with Crippen LogP contribution in [-0.4, -0.2) is 27.0 Å². The summed E-state index contributed by atoms with van der Waals surface area (Å²) in [5.41, 5.74) is 0.888. The molecule has 1 aromatic rings. The number of rotatable bonds is 3. The van der Waals surface area contributed by atoms with Crippen LogP contribution in [0.2, 0.25) is 5.02 Å². The van der Waals surface area contributed by atoms with E-state index >= 15 is 0 Å². The van der Waals surface area contributed by atoms with Crippen LogP contribution >= 0.6 is 22.3 Å². The summed E-state index contributed by atoms with van der Waals surface area (Å²) < 4.78 is 27.8. The van der Waals surface area contributed by atoms with Crippen LogP contribution in [0.5, 0.6) is 0 Å². The maximum Gasteiger partial charge on any atom is 0.261 e. The van der Waals surface area contributed by atoms with Crippen molar-refractivity contribution >= 4 is 42.9 Å². The van der Waals surface area contributed by atoms with Crippen LogP contribution in [0.1, 0.15) is 18.4 Å². The fourth-order valence-electron chi connectivity index (χ4n) is 2.00. The summed E-state index contributed by atoms with van der Waals surface area (Å²) in [6.07, 6.45) is 1.02. The van der Waals surface area contributed by atoms with Crippen LogP contribution in [0.15, 0.2) is 17.0 Å². The van der Waals surface area contributed by atoms with Gasteiger partial charge in [-0.1, -0.05) is 11.6 Å². The molecular formula is C12H13Cl2NO4S. The molecule has 0 spiro atoms. The number of amides is 1. The van der Waals surface area contributed by atoms with Crippen molar-refractivity contribution in [2.45, 2.75) is 30.8 Å². The molecule has 1 unspecified atom stereocenters. The van der Waals surface area contributed by atoms with Crippen LogP contribution in [0.4, 0.5) is 5.69 Å². The third-order valence-electron chi connectivity index (χ3n) is 3.01. The van der Waals surface area contributed by atoms with Gasteiger partial charge in [-0.2, -0.15) is 0 Å². The van der Waals surface area contributed by atoms with E-state index in [1.165, 1.54) is 12.1 Å². The molecule has 1 saturated heterocycles. The first kappa shape index (κ1) is 15.6. The lowest BCUT2D eigenvalue weighted by Gasteiger charge is -2.14. The average Bonchev–Trinajstić information content (AvgIpc) is 2.85. The summed E-state index contributed by atoms with van der Waals surface area (Å²) in [5, 5.41) is 2.79. The van der Waals surface area contributed by atoms with E-state index in [2.05, 4.69) is 5.32 Å². The summed E-state index contributed by atoms with van der Waals surface area (Å²) in [6, 6.07) is 2.57. The topological polar surface area (TPSA) is 72.5 Å². The summed E-state index contributed by atoms with van der Waals surface area (Å²) in [6.45, 7) is 2.21. The lowest BCUT2D eigenvalue weighted by molar-refractivity contribution is -0.124. The second kappa shape index (κ2) is 5.89. The number of benzene rings is 1. The molecule has 0 aliphatic carbocycles. The summed E-state index contributed by atoms with van der Waals surface area (Å²) >= 11 is 6.01. The van der Waals surface area contributed by atoms with Gasteiger partial charge < -0.3 is 10.1 Å². The van der Waals surface area contributed by atoms with E-state index in [1.54, 1.807) is 6.92 Å². The molecule has 1 N–H and O–H groups in total. The van der Waals surface area contributed by atoms with Crippen LogP contribution in [0.3, 0.4) is 0 Å². The van der Waals surface area contributed by atoms with Crippen LogP contribution in [0.25, 0.3) is 0 Å². The van der Waals surface area contributed by atoms with Gasteiger partial charge in [0.2, 0.25) is 0 Å². The molecule has 1 atom stereocenters. The van der Waals surface area contributed by atoms with Gasteiger partial charge in [-0.05, 0) is 37.5 Å². The fraction of sp³-hybridized carbons (Fsp3) is 0.417. The van der Waals surface area contributed by atoms with Crippen molar-refractivity contribution in [3.63, 3.8) is 0 Å². The smallest absolute Gasteiger partial charge is 0.261 e. The van der Waals surface area contributed by atoms with Gasteiger partial charge in [0.05, 0.1) is 15.6 Å². The SMILES string of the molecule is Cc1cc(S(=O)(=O)Cl)cc(Cl)c1NC(=O)C1CCCO1. The molecule has 1 fully saturated rings. The number of halogens is 2. The first-order valence-electron chi connectivity index (χ1n) is 5.96. The van der Waals surface area contributed by atoms with Crippen molar-refractivity contribution in [3.05, 3.63) is 22.7 Å². The van der Waals surface area contributed by atoms with E-state index < -0.39 is 15.2 Å². The van der Waals surface area contributed by atoms with Crippen molar-refractivity contribution in [1.82, 2.24) is 0 Å². The van der Waals surface area contributed by atoms with Crippen LogP contribution < -0.4 is 5.32 Å². The minimum atomic E-state index is -3.86. The zero-order valence-corrected chi connectivity index (χ0v) is 13.0. The highest BCUT2D eigenvalue weighted by atomic mass is 35.7. The molecule has 0 saturated carbocycles. The summed E-state index contributed by atoms with van der Waals surface area (Å²) in [4.78, 5) is 11.9.